The highest BCUT2D eigenvalue weighted by molar-refractivity contribution is 5.89. The van der Waals surface area contributed by atoms with E-state index in [1.54, 1.807) is 36.4 Å². The quantitative estimate of drug-likeness (QED) is 0.305. The summed E-state index contributed by atoms with van der Waals surface area (Å²) in [6.07, 6.45) is 0. The molecule has 0 aliphatic heterocycles. The van der Waals surface area contributed by atoms with E-state index in [1.165, 1.54) is 48.5 Å². The van der Waals surface area contributed by atoms with E-state index in [2.05, 4.69) is 0 Å². The van der Waals surface area contributed by atoms with Crippen molar-refractivity contribution in [1.29, 1.82) is 0 Å². The fourth-order valence-electron chi connectivity index (χ4n) is 3.37. The third-order valence-electron chi connectivity index (χ3n) is 5.04. The van der Waals surface area contributed by atoms with E-state index in [1.807, 2.05) is 0 Å². The molecular formula is C26H18O7. The Morgan fingerprint density at radius 3 is 1.24 bits per heavy atom. The van der Waals surface area contributed by atoms with E-state index < -0.39 is 11.9 Å². The fourth-order valence-corrected chi connectivity index (χ4v) is 3.37. The highest BCUT2D eigenvalue weighted by atomic mass is 16.5. The maximum Gasteiger partial charge on any atom is 0.335 e. The van der Waals surface area contributed by atoms with E-state index in [4.69, 9.17) is 14.9 Å². The van der Waals surface area contributed by atoms with Gasteiger partial charge in [0.2, 0.25) is 0 Å². The Kier molecular flexibility index (Phi) is 5.69. The monoisotopic (exact) mass is 442 g/mol. The Morgan fingerprint density at radius 1 is 0.545 bits per heavy atom. The van der Waals surface area contributed by atoms with Gasteiger partial charge in [-0.15, -0.1) is 0 Å². The third kappa shape index (κ3) is 4.62. The minimum absolute atomic E-state index is 0.0385. The van der Waals surface area contributed by atoms with Crippen molar-refractivity contribution in [2.45, 2.75) is 0 Å². The lowest BCUT2D eigenvalue weighted by Crippen LogP contribution is -1.96. The zero-order valence-electron chi connectivity index (χ0n) is 17.1. The number of carboxylic acids is 2. The molecule has 4 N–H and O–H groups in total. The van der Waals surface area contributed by atoms with E-state index in [0.29, 0.717) is 22.3 Å². The Labute approximate surface area is 188 Å². The van der Waals surface area contributed by atoms with Crippen molar-refractivity contribution in [2.24, 2.45) is 0 Å². The predicted molar refractivity (Wildman–Crippen MR) is 121 cm³/mol. The molecule has 4 aromatic carbocycles. The molecule has 7 heteroatoms. The van der Waals surface area contributed by atoms with Gasteiger partial charge in [-0.25, -0.2) is 9.59 Å². The van der Waals surface area contributed by atoms with Crippen LogP contribution in [0.25, 0.3) is 22.3 Å². The first kappa shape index (κ1) is 21.5. The Hall–Kier alpha value is -4.78. The second-order valence-corrected chi connectivity index (χ2v) is 7.23. The maximum absolute atomic E-state index is 11.1. The van der Waals surface area contributed by atoms with Gasteiger partial charge in [-0.05, 0) is 59.7 Å². The van der Waals surface area contributed by atoms with E-state index >= 15 is 0 Å². The van der Waals surface area contributed by atoms with Gasteiger partial charge in [-0.3, -0.25) is 0 Å². The number of carboxylic acid groups (broad SMARTS) is 2. The second kappa shape index (κ2) is 8.76. The molecule has 0 aliphatic rings. The Bertz CT molecular complexity index is 1240. The number of aromatic carboxylic acids is 2. The highest BCUT2D eigenvalue weighted by Crippen LogP contribution is 2.41. The molecule has 164 valence electrons. The number of hydrogen-bond donors (Lipinski definition) is 4. The summed E-state index contributed by atoms with van der Waals surface area (Å²) in [4.78, 5) is 22.3. The molecule has 7 nitrogen and oxygen atoms in total. The van der Waals surface area contributed by atoms with Crippen molar-refractivity contribution < 1.29 is 34.8 Å². The topological polar surface area (TPSA) is 124 Å². The van der Waals surface area contributed by atoms with Gasteiger partial charge in [0.25, 0.3) is 0 Å². The van der Waals surface area contributed by atoms with Crippen molar-refractivity contribution in [1.82, 2.24) is 0 Å². The number of hydrogen-bond acceptors (Lipinski definition) is 5. The molecule has 0 atom stereocenters. The summed E-state index contributed by atoms with van der Waals surface area (Å²) in [5.41, 5.74) is 2.81. The third-order valence-corrected chi connectivity index (χ3v) is 5.04. The van der Waals surface area contributed by atoms with Gasteiger partial charge in [-0.2, -0.15) is 0 Å². The van der Waals surface area contributed by atoms with Crippen LogP contribution in [0, 0.1) is 0 Å². The molecule has 0 saturated heterocycles. The Balaban J connectivity index is 1.76. The molecule has 0 unspecified atom stereocenters. The van der Waals surface area contributed by atoms with Crippen LogP contribution < -0.4 is 4.74 Å². The molecule has 0 spiro atoms. The van der Waals surface area contributed by atoms with Crippen LogP contribution in [0.2, 0.25) is 0 Å². The molecule has 4 rings (SSSR count). The number of phenolic OH excluding ortho intramolecular Hbond substituents is 2. The largest absolute Gasteiger partial charge is 0.508 e. The van der Waals surface area contributed by atoms with Crippen LogP contribution in [-0.2, 0) is 0 Å². The molecule has 33 heavy (non-hydrogen) atoms. The molecule has 4 aromatic rings. The normalized spacial score (nSPS) is 10.5. The van der Waals surface area contributed by atoms with Crippen LogP contribution in [0.5, 0.6) is 23.0 Å². The molecule has 0 amide bonds. The average molecular weight is 442 g/mol. The molecular weight excluding hydrogens is 424 g/mol. The van der Waals surface area contributed by atoms with Crippen LogP contribution >= 0.6 is 0 Å². The average Bonchev–Trinajstić information content (AvgIpc) is 2.79. The van der Waals surface area contributed by atoms with Crippen molar-refractivity contribution in [2.75, 3.05) is 0 Å². The van der Waals surface area contributed by atoms with Crippen molar-refractivity contribution in [3.63, 3.8) is 0 Å². The van der Waals surface area contributed by atoms with Gasteiger partial charge in [-0.1, -0.05) is 24.3 Å². The second-order valence-electron chi connectivity index (χ2n) is 7.23. The minimum Gasteiger partial charge on any atom is -0.508 e. The molecule has 0 bridgehead atoms. The number of phenols is 2. The number of carbonyl (C=O) groups is 2. The van der Waals surface area contributed by atoms with Gasteiger partial charge >= 0.3 is 11.9 Å². The number of rotatable bonds is 6. The summed E-state index contributed by atoms with van der Waals surface area (Å²) in [6, 6.07) is 21.5. The van der Waals surface area contributed by atoms with Crippen LogP contribution in [-0.4, -0.2) is 32.4 Å². The highest BCUT2D eigenvalue weighted by Gasteiger charge is 2.15. The molecule has 0 saturated carbocycles. The first-order valence-corrected chi connectivity index (χ1v) is 9.83. The summed E-state index contributed by atoms with van der Waals surface area (Å²) in [6.45, 7) is 0. The van der Waals surface area contributed by atoms with Gasteiger partial charge in [0.1, 0.15) is 23.0 Å². The first-order chi connectivity index (χ1) is 15.8. The lowest BCUT2D eigenvalue weighted by Gasteiger charge is -2.16. The molecule has 0 radical (unpaired) electrons. The van der Waals surface area contributed by atoms with Crippen LogP contribution in [0.15, 0.2) is 84.9 Å². The van der Waals surface area contributed by atoms with E-state index in [9.17, 15) is 19.8 Å². The van der Waals surface area contributed by atoms with Gasteiger partial charge in [0, 0.05) is 23.3 Å². The van der Waals surface area contributed by atoms with Crippen LogP contribution in [0.1, 0.15) is 20.7 Å². The lowest BCUT2D eigenvalue weighted by atomic mass is 10.0. The summed E-state index contributed by atoms with van der Waals surface area (Å²) < 4.78 is 6.11. The smallest absolute Gasteiger partial charge is 0.335 e. The predicted octanol–water partition coefficient (Wildman–Crippen LogP) is 5.62. The van der Waals surface area contributed by atoms with E-state index in [0.717, 1.165) is 0 Å². The number of benzene rings is 4. The lowest BCUT2D eigenvalue weighted by molar-refractivity contribution is 0.0686. The van der Waals surface area contributed by atoms with Gasteiger partial charge < -0.3 is 25.2 Å². The summed E-state index contributed by atoms with van der Waals surface area (Å²) in [5, 5.41) is 38.3. The van der Waals surface area contributed by atoms with Gasteiger partial charge in [0.05, 0.1) is 11.1 Å². The molecule has 0 aromatic heterocycles. The summed E-state index contributed by atoms with van der Waals surface area (Å²) >= 11 is 0. The van der Waals surface area contributed by atoms with Crippen molar-refractivity contribution >= 4 is 11.9 Å². The van der Waals surface area contributed by atoms with Gasteiger partial charge in [0.15, 0.2) is 0 Å². The molecule has 0 aliphatic carbocycles. The summed E-state index contributed by atoms with van der Waals surface area (Å²) in [5.74, 6) is -1.59. The van der Waals surface area contributed by atoms with Crippen LogP contribution in [0.4, 0.5) is 0 Å². The van der Waals surface area contributed by atoms with Crippen molar-refractivity contribution in [3.8, 4) is 45.3 Å². The number of aromatic hydroxyl groups is 2. The fraction of sp³-hybridized carbons (Fsp3) is 0. The zero-order valence-corrected chi connectivity index (χ0v) is 17.1. The first-order valence-electron chi connectivity index (χ1n) is 9.83. The maximum atomic E-state index is 11.1. The summed E-state index contributed by atoms with van der Waals surface area (Å²) in [7, 11) is 0. The van der Waals surface area contributed by atoms with Crippen LogP contribution in [0.3, 0.4) is 0 Å². The zero-order chi connectivity index (χ0) is 23.5. The Morgan fingerprint density at radius 2 is 0.909 bits per heavy atom. The molecule has 0 heterocycles. The van der Waals surface area contributed by atoms with Crippen molar-refractivity contribution in [3.05, 3.63) is 96.1 Å². The number of ether oxygens (including phenoxy) is 1. The SMILES string of the molecule is O=C(O)c1ccc(-c2ccc(O)cc2Oc2cc(O)ccc2-c2ccc(C(=O)O)cc2)cc1. The standard InChI is InChI=1S/C26H18O7/c27-19-9-11-21(15-1-5-17(6-2-15)25(29)30)23(13-19)33-24-14-20(28)10-12-22(24)16-3-7-18(8-4-16)26(31)32/h1-14,27-28H,(H,29,30)(H,31,32). The minimum atomic E-state index is -1.04. The molecule has 0 fully saturated rings. The van der Waals surface area contributed by atoms with E-state index in [-0.39, 0.29) is 34.1 Å².